The fourth-order valence-electron chi connectivity index (χ4n) is 1.65. The van der Waals surface area contributed by atoms with Gasteiger partial charge in [0.2, 0.25) is 5.91 Å². The van der Waals surface area contributed by atoms with E-state index in [0.717, 1.165) is 18.9 Å². The van der Waals surface area contributed by atoms with Crippen molar-refractivity contribution in [2.75, 3.05) is 6.54 Å². The molecule has 2 rings (SSSR count). The zero-order valence-corrected chi connectivity index (χ0v) is 11.2. The number of aliphatic carboxylic acids is 1. The highest BCUT2D eigenvalue weighted by atomic mass is 16.4. The van der Waals surface area contributed by atoms with Gasteiger partial charge in [0.1, 0.15) is 5.69 Å². The third-order valence-electron chi connectivity index (χ3n) is 2.81. The number of carbonyl (C=O) groups is 3. The number of rotatable bonds is 6. The molecule has 1 aromatic rings. The second-order valence-corrected chi connectivity index (χ2v) is 4.64. The number of hydrogen-bond acceptors (Lipinski definition) is 4. The van der Waals surface area contributed by atoms with Gasteiger partial charge in [-0.05, 0) is 25.0 Å². The van der Waals surface area contributed by atoms with Crippen molar-refractivity contribution < 1.29 is 19.5 Å². The molecule has 0 bridgehead atoms. The minimum Gasteiger partial charge on any atom is -0.478 e. The highest BCUT2D eigenvalue weighted by Crippen LogP contribution is 2.18. The molecule has 0 radical (unpaired) electrons. The maximum absolute atomic E-state index is 12.0. The summed E-state index contributed by atoms with van der Waals surface area (Å²) in [7, 11) is 0. The molecule has 3 N–H and O–H groups in total. The van der Waals surface area contributed by atoms with Crippen molar-refractivity contribution in [2.45, 2.75) is 18.9 Å². The number of nitrogens with zero attached hydrogens (tertiary/aromatic N) is 1. The van der Waals surface area contributed by atoms with Gasteiger partial charge in [0, 0.05) is 23.9 Å². The van der Waals surface area contributed by atoms with Gasteiger partial charge in [-0.2, -0.15) is 0 Å². The highest BCUT2D eigenvalue weighted by Gasteiger charge is 2.23. The number of hydrogen-bond donors (Lipinski definition) is 3. The normalized spacial score (nSPS) is 13.9. The van der Waals surface area contributed by atoms with Gasteiger partial charge < -0.3 is 15.7 Å². The van der Waals surface area contributed by atoms with E-state index in [1.54, 1.807) is 12.1 Å². The van der Waals surface area contributed by atoms with Gasteiger partial charge in [0.05, 0.1) is 6.54 Å². The van der Waals surface area contributed by atoms with Crippen LogP contribution in [0.15, 0.2) is 24.4 Å². The Kier molecular flexibility index (Phi) is 4.65. The third kappa shape index (κ3) is 4.72. The summed E-state index contributed by atoms with van der Waals surface area (Å²) in [5.74, 6) is -1.88. The molecule has 0 aromatic carbocycles. The topological polar surface area (TPSA) is 108 Å². The number of carboxylic acid groups (broad SMARTS) is 1. The summed E-state index contributed by atoms with van der Waals surface area (Å²) in [6.45, 7) is -0.131. The molecule has 1 aromatic heterocycles. The van der Waals surface area contributed by atoms with Crippen LogP contribution in [0.4, 0.5) is 0 Å². The number of carbonyl (C=O) groups excluding carboxylic acids is 2. The average molecular weight is 289 g/mol. The molecular weight excluding hydrogens is 274 g/mol. The molecule has 2 amide bonds. The first-order valence-corrected chi connectivity index (χ1v) is 6.50. The van der Waals surface area contributed by atoms with Crippen LogP contribution in [-0.2, 0) is 9.59 Å². The molecule has 0 unspecified atom stereocenters. The Morgan fingerprint density at radius 3 is 2.81 bits per heavy atom. The second kappa shape index (κ2) is 6.65. The SMILES string of the molecule is O=C(O)/C=C/c1cccnc1C(=O)NCC(=O)NC1CC1. The molecule has 1 fully saturated rings. The Morgan fingerprint density at radius 2 is 2.14 bits per heavy atom. The van der Waals surface area contributed by atoms with E-state index < -0.39 is 11.9 Å². The smallest absolute Gasteiger partial charge is 0.328 e. The molecule has 0 atom stereocenters. The molecule has 1 aliphatic carbocycles. The lowest BCUT2D eigenvalue weighted by Crippen LogP contribution is -2.38. The first-order chi connectivity index (χ1) is 10.1. The van der Waals surface area contributed by atoms with Crippen molar-refractivity contribution in [1.82, 2.24) is 15.6 Å². The zero-order valence-electron chi connectivity index (χ0n) is 11.2. The Balaban J connectivity index is 1.97. The van der Waals surface area contributed by atoms with E-state index in [4.69, 9.17) is 5.11 Å². The fraction of sp³-hybridized carbons (Fsp3) is 0.286. The summed E-state index contributed by atoms with van der Waals surface area (Å²) in [5.41, 5.74) is 0.453. The number of aromatic nitrogens is 1. The van der Waals surface area contributed by atoms with E-state index in [0.29, 0.717) is 5.56 Å². The molecule has 7 heteroatoms. The minimum absolute atomic E-state index is 0.0780. The second-order valence-electron chi connectivity index (χ2n) is 4.64. The van der Waals surface area contributed by atoms with Gasteiger partial charge in [0.15, 0.2) is 0 Å². The fourth-order valence-corrected chi connectivity index (χ4v) is 1.65. The summed E-state index contributed by atoms with van der Waals surface area (Å²) in [6, 6.07) is 3.40. The molecule has 0 saturated heterocycles. The van der Waals surface area contributed by atoms with Crippen molar-refractivity contribution in [3.63, 3.8) is 0 Å². The van der Waals surface area contributed by atoms with E-state index in [9.17, 15) is 14.4 Å². The lowest BCUT2D eigenvalue weighted by atomic mass is 10.1. The molecule has 7 nitrogen and oxygen atoms in total. The maximum Gasteiger partial charge on any atom is 0.328 e. The van der Waals surface area contributed by atoms with Gasteiger partial charge in [-0.15, -0.1) is 0 Å². The van der Waals surface area contributed by atoms with Crippen LogP contribution in [-0.4, -0.2) is 40.5 Å². The van der Waals surface area contributed by atoms with Gasteiger partial charge in [0.25, 0.3) is 5.91 Å². The van der Waals surface area contributed by atoms with Crippen molar-refractivity contribution in [1.29, 1.82) is 0 Å². The zero-order chi connectivity index (χ0) is 15.2. The lowest BCUT2D eigenvalue weighted by Gasteiger charge is -2.07. The van der Waals surface area contributed by atoms with Crippen LogP contribution in [0.5, 0.6) is 0 Å². The Morgan fingerprint density at radius 1 is 1.38 bits per heavy atom. The van der Waals surface area contributed by atoms with Crippen LogP contribution < -0.4 is 10.6 Å². The average Bonchev–Trinajstić information content (AvgIpc) is 3.26. The van der Waals surface area contributed by atoms with Gasteiger partial charge in [-0.1, -0.05) is 6.07 Å². The molecule has 1 saturated carbocycles. The molecular formula is C14H15N3O4. The van der Waals surface area contributed by atoms with E-state index in [-0.39, 0.29) is 24.2 Å². The number of amides is 2. The van der Waals surface area contributed by atoms with Crippen LogP contribution in [0.3, 0.4) is 0 Å². The standard InChI is InChI=1S/C14H15N3O4/c18-11(17-10-4-5-10)8-16-14(21)13-9(2-1-7-15-13)3-6-12(19)20/h1-3,6-7,10H,4-5,8H2,(H,16,21)(H,17,18)(H,19,20)/b6-3+. The summed E-state index contributed by atoms with van der Waals surface area (Å²) < 4.78 is 0. The number of nitrogens with one attached hydrogen (secondary N) is 2. The molecule has 1 aliphatic rings. The molecule has 110 valence electrons. The quantitative estimate of drug-likeness (QED) is 0.648. The predicted octanol–water partition coefficient (Wildman–Crippen LogP) is 0.188. The van der Waals surface area contributed by atoms with Gasteiger partial charge in [-0.25, -0.2) is 4.79 Å². The van der Waals surface area contributed by atoms with Crippen LogP contribution in [0.2, 0.25) is 0 Å². The number of pyridine rings is 1. The molecule has 0 aliphatic heterocycles. The van der Waals surface area contributed by atoms with E-state index >= 15 is 0 Å². The first-order valence-electron chi connectivity index (χ1n) is 6.50. The van der Waals surface area contributed by atoms with E-state index in [2.05, 4.69) is 15.6 Å². The first kappa shape index (κ1) is 14.7. The molecule has 1 heterocycles. The van der Waals surface area contributed by atoms with Crippen molar-refractivity contribution in [3.05, 3.63) is 35.7 Å². The minimum atomic E-state index is -1.12. The van der Waals surface area contributed by atoms with E-state index in [1.807, 2.05) is 0 Å². The van der Waals surface area contributed by atoms with Crippen molar-refractivity contribution >= 4 is 23.9 Å². The Hall–Kier alpha value is -2.70. The van der Waals surface area contributed by atoms with Crippen LogP contribution in [0.1, 0.15) is 28.9 Å². The molecule has 0 spiro atoms. The van der Waals surface area contributed by atoms with Crippen LogP contribution in [0.25, 0.3) is 6.08 Å². The highest BCUT2D eigenvalue weighted by molar-refractivity contribution is 5.98. The lowest BCUT2D eigenvalue weighted by molar-refractivity contribution is -0.131. The molecule has 21 heavy (non-hydrogen) atoms. The van der Waals surface area contributed by atoms with E-state index in [1.165, 1.54) is 12.3 Å². The van der Waals surface area contributed by atoms with Gasteiger partial charge >= 0.3 is 5.97 Å². The Labute approximate surface area is 121 Å². The summed E-state index contributed by atoms with van der Waals surface area (Å²) in [4.78, 5) is 37.9. The predicted molar refractivity (Wildman–Crippen MR) is 74.4 cm³/mol. The van der Waals surface area contributed by atoms with Crippen LogP contribution >= 0.6 is 0 Å². The number of carboxylic acids is 1. The summed E-state index contributed by atoms with van der Waals surface area (Å²) in [6.07, 6.45) is 5.59. The maximum atomic E-state index is 12.0. The van der Waals surface area contributed by atoms with Gasteiger partial charge in [-0.3, -0.25) is 14.6 Å². The summed E-state index contributed by atoms with van der Waals surface area (Å²) >= 11 is 0. The van der Waals surface area contributed by atoms with Crippen molar-refractivity contribution in [2.24, 2.45) is 0 Å². The summed E-state index contributed by atoms with van der Waals surface area (Å²) in [5, 5.41) is 13.8. The van der Waals surface area contributed by atoms with Crippen LogP contribution in [0, 0.1) is 0 Å². The third-order valence-corrected chi connectivity index (χ3v) is 2.81. The monoisotopic (exact) mass is 289 g/mol. The Bertz CT molecular complexity index is 594. The largest absolute Gasteiger partial charge is 0.478 e. The van der Waals surface area contributed by atoms with Crippen molar-refractivity contribution in [3.8, 4) is 0 Å².